The Hall–Kier alpha value is -0.830. The maximum absolute atomic E-state index is 4.92. The first-order valence-electron chi connectivity index (χ1n) is 7.90. The summed E-state index contributed by atoms with van der Waals surface area (Å²) in [7, 11) is 0. The van der Waals surface area contributed by atoms with Gasteiger partial charge in [0, 0.05) is 23.8 Å². The predicted octanol–water partition coefficient (Wildman–Crippen LogP) is 3.48. The molecule has 1 atom stereocenters. The SMILES string of the molecule is CCc1nn(C(C)C2CC2)c(CC)c1CNC(C)C. The maximum atomic E-state index is 4.92. The van der Waals surface area contributed by atoms with E-state index in [1.165, 1.54) is 29.8 Å². The molecular weight excluding hydrogens is 234 g/mol. The fourth-order valence-electron chi connectivity index (χ4n) is 2.84. The largest absolute Gasteiger partial charge is 0.310 e. The third-order valence-electron chi connectivity index (χ3n) is 4.25. The Labute approximate surface area is 117 Å². The van der Waals surface area contributed by atoms with Gasteiger partial charge in [-0.3, -0.25) is 4.68 Å². The van der Waals surface area contributed by atoms with Gasteiger partial charge in [-0.15, -0.1) is 0 Å². The number of rotatable bonds is 7. The third-order valence-corrected chi connectivity index (χ3v) is 4.25. The molecule has 1 saturated carbocycles. The predicted molar refractivity (Wildman–Crippen MR) is 80.4 cm³/mol. The second-order valence-electron chi connectivity index (χ2n) is 6.14. The molecule has 1 aromatic rings. The Morgan fingerprint density at radius 2 is 1.89 bits per heavy atom. The smallest absolute Gasteiger partial charge is 0.0669 e. The molecule has 1 fully saturated rings. The van der Waals surface area contributed by atoms with Crippen LogP contribution in [-0.2, 0) is 19.4 Å². The van der Waals surface area contributed by atoms with Crippen molar-refractivity contribution >= 4 is 0 Å². The quantitative estimate of drug-likeness (QED) is 0.816. The number of hydrogen-bond acceptors (Lipinski definition) is 2. The van der Waals surface area contributed by atoms with Crippen molar-refractivity contribution in [1.29, 1.82) is 0 Å². The third kappa shape index (κ3) is 3.19. The number of nitrogens with zero attached hydrogens (tertiary/aromatic N) is 2. The van der Waals surface area contributed by atoms with Crippen LogP contribution < -0.4 is 5.32 Å². The van der Waals surface area contributed by atoms with E-state index in [9.17, 15) is 0 Å². The topological polar surface area (TPSA) is 29.9 Å². The van der Waals surface area contributed by atoms with E-state index in [2.05, 4.69) is 44.6 Å². The molecule has 0 bridgehead atoms. The molecule has 0 radical (unpaired) electrons. The highest BCUT2D eigenvalue weighted by Gasteiger charge is 2.31. The Bertz CT molecular complexity index is 416. The first kappa shape index (κ1) is 14.6. The summed E-state index contributed by atoms with van der Waals surface area (Å²) in [5.74, 6) is 0.862. The first-order valence-corrected chi connectivity index (χ1v) is 7.90. The molecule has 0 saturated heterocycles. The second kappa shape index (κ2) is 6.08. The van der Waals surface area contributed by atoms with Crippen molar-refractivity contribution in [3.8, 4) is 0 Å². The van der Waals surface area contributed by atoms with Gasteiger partial charge >= 0.3 is 0 Å². The van der Waals surface area contributed by atoms with Crippen LogP contribution in [0.4, 0.5) is 0 Å². The molecule has 3 nitrogen and oxygen atoms in total. The highest BCUT2D eigenvalue weighted by atomic mass is 15.3. The molecule has 1 N–H and O–H groups in total. The molecule has 1 aliphatic rings. The average Bonchev–Trinajstić information content (AvgIpc) is 3.16. The molecule has 0 aliphatic heterocycles. The summed E-state index contributed by atoms with van der Waals surface area (Å²) in [5.41, 5.74) is 4.19. The molecule has 0 amide bonds. The lowest BCUT2D eigenvalue weighted by molar-refractivity contribution is 0.423. The lowest BCUT2D eigenvalue weighted by Crippen LogP contribution is -2.23. The molecule has 1 aromatic heterocycles. The summed E-state index contributed by atoms with van der Waals surface area (Å²) in [5, 5.41) is 8.47. The van der Waals surface area contributed by atoms with Crippen LogP contribution in [0.2, 0.25) is 0 Å². The van der Waals surface area contributed by atoms with E-state index in [1.54, 1.807) is 0 Å². The molecule has 1 heterocycles. The van der Waals surface area contributed by atoms with Crippen molar-refractivity contribution in [3.05, 3.63) is 17.0 Å². The van der Waals surface area contributed by atoms with Crippen molar-refractivity contribution < 1.29 is 0 Å². The van der Waals surface area contributed by atoms with Gasteiger partial charge in [-0.2, -0.15) is 5.10 Å². The summed E-state index contributed by atoms with van der Waals surface area (Å²) < 4.78 is 2.33. The maximum Gasteiger partial charge on any atom is 0.0669 e. The van der Waals surface area contributed by atoms with E-state index in [1.807, 2.05) is 0 Å². The molecule has 108 valence electrons. The fraction of sp³-hybridized carbons (Fsp3) is 0.812. The number of aryl methyl sites for hydroxylation is 1. The molecule has 3 heteroatoms. The van der Waals surface area contributed by atoms with Crippen LogP contribution in [0.5, 0.6) is 0 Å². The Morgan fingerprint density at radius 3 is 2.37 bits per heavy atom. The van der Waals surface area contributed by atoms with E-state index in [4.69, 9.17) is 5.10 Å². The highest BCUT2D eigenvalue weighted by molar-refractivity contribution is 5.27. The minimum atomic E-state index is 0.526. The zero-order valence-electron chi connectivity index (χ0n) is 13.2. The lowest BCUT2D eigenvalue weighted by atomic mass is 10.1. The van der Waals surface area contributed by atoms with Crippen LogP contribution in [0.25, 0.3) is 0 Å². The van der Waals surface area contributed by atoms with Gasteiger partial charge in [0.1, 0.15) is 0 Å². The van der Waals surface area contributed by atoms with Gasteiger partial charge in [0.2, 0.25) is 0 Å². The van der Waals surface area contributed by atoms with Crippen LogP contribution in [0.3, 0.4) is 0 Å². The van der Waals surface area contributed by atoms with Gasteiger partial charge in [0.15, 0.2) is 0 Å². The summed E-state index contributed by atoms with van der Waals surface area (Å²) in [4.78, 5) is 0. The van der Waals surface area contributed by atoms with E-state index in [0.29, 0.717) is 12.1 Å². The number of aromatic nitrogens is 2. The van der Waals surface area contributed by atoms with E-state index < -0.39 is 0 Å². The van der Waals surface area contributed by atoms with Crippen LogP contribution in [0, 0.1) is 5.92 Å². The van der Waals surface area contributed by atoms with Gasteiger partial charge in [0.05, 0.1) is 11.7 Å². The summed E-state index contributed by atoms with van der Waals surface area (Å²) >= 11 is 0. The summed E-state index contributed by atoms with van der Waals surface area (Å²) in [6, 6.07) is 1.10. The molecule has 1 unspecified atom stereocenters. The van der Waals surface area contributed by atoms with E-state index >= 15 is 0 Å². The van der Waals surface area contributed by atoms with Crippen molar-refractivity contribution in [1.82, 2.24) is 15.1 Å². The van der Waals surface area contributed by atoms with Gasteiger partial charge < -0.3 is 5.32 Å². The number of nitrogens with one attached hydrogen (secondary N) is 1. The lowest BCUT2D eigenvalue weighted by Gasteiger charge is -2.15. The monoisotopic (exact) mass is 263 g/mol. The number of hydrogen-bond donors (Lipinski definition) is 1. The molecule has 1 aliphatic carbocycles. The Balaban J connectivity index is 2.28. The second-order valence-corrected chi connectivity index (χ2v) is 6.14. The summed E-state index contributed by atoms with van der Waals surface area (Å²) in [6.45, 7) is 12.2. The van der Waals surface area contributed by atoms with Crippen LogP contribution in [0.1, 0.15) is 70.5 Å². The normalized spacial score (nSPS) is 17.2. The van der Waals surface area contributed by atoms with Crippen molar-refractivity contribution in [2.45, 2.75) is 78.9 Å². The molecular formula is C16H29N3. The molecule has 0 spiro atoms. The van der Waals surface area contributed by atoms with Crippen LogP contribution >= 0.6 is 0 Å². The van der Waals surface area contributed by atoms with Crippen LogP contribution in [0.15, 0.2) is 0 Å². The van der Waals surface area contributed by atoms with Crippen LogP contribution in [-0.4, -0.2) is 15.8 Å². The fourth-order valence-corrected chi connectivity index (χ4v) is 2.84. The highest BCUT2D eigenvalue weighted by Crippen LogP contribution is 2.40. The van der Waals surface area contributed by atoms with Gasteiger partial charge in [0.25, 0.3) is 0 Å². The summed E-state index contributed by atoms with van der Waals surface area (Å²) in [6.07, 6.45) is 4.88. The van der Waals surface area contributed by atoms with E-state index in [-0.39, 0.29) is 0 Å². The van der Waals surface area contributed by atoms with Gasteiger partial charge in [-0.25, -0.2) is 0 Å². The van der Waals surface area contributed by atoms with Crippen molar-refractivity contribution in [3.63, 3.8) is 0 Å². The van der Waals surface area contributed by atoms with Crippen molar-refractivity contribution in [2.24, 2.45) is 5.92 Å². The zero-order chi connectivity index (χ0) is 14.0. The van der Waals surface area contributed by atoms with Gasteiger partial charge in [-0.05, 0) is 38.5 Å². The zero-order valence-corrected chi connectivity index (χ0v) is 13.2. The Kier molecular flexibility index (Phi) is 4.67. The Morgan fingerprint density at radius 1 is 1.21 bits per heavy atom. The molecule has 19 heavy (non-hydrogen) atoms. The standard InChI is InChI=1S/C16H29N3/c1-6-15-14(10-17-11(3)4)16(7-2)19(18-15)12(5)13-8-9-13/h11-13,17H,6-10H2,1-5H3. The molecule has 0 aromatic carbocycles. The van der Waals surface area contributed by atoms with Gasteiger partial charge in [-0.1, -0.05) is 27.7 Å². The average molecular weight is 263 g/mol. The first-order chi connectivity index (χ1) is 9.08. The minimum absolute atomic E-state index is 0.526. The minimum Gasteiger partial charge on any atom is -0.310 e. The van der Waals surface area contributed by atoms with Crippen molar-refractivity contribution in [2.75, 3.05) is 0 Å². The molecule has 2 rings (SSSR count). The van der Waals surface area contributed by atoms with E-state index in [0.717, 1.165) is 25.3 Å².